The molecule has 0 rings (SSSR count). The first-order valence-electron chi connectivity index (χ1n) is 23.4. The summed E-state index contributed by atoms with van der Waals surface area (Å²) in [6.45, 7) is 8.94. The van der Waals surface area contributed by atoms with Gasteiger partial charge in [-0.05, 0) is 25.2 Å². The van der Waals surface area contributed by atoms with Crippen molar-refractivity contribution in [1.29, 1.82) is 0 Å². The average Bonchev–Trinajstić information content (AvgIpc) is 3.14. The first-order chi connectivity index (χ1) is 25.9. The third-order valence-corrected chi connectivity index (χ3v) is 10.5. The summed E-state index contributed by atoms with van der Waals surface area (Å²) in [5, 5.41) is 0. The quantitative estimate of drug-likeness (QED) is 0.0351. The maximum Gasteiger partial charge on any atom is 0.306 e. The molecule has 0 unspecified atom stereocenters. The second-order valence-corrected chi connectivity index (χ2v) is 16.5. The molecule has 0 amide bonds. The van der Waals surface area contributed by atoms with Crippen molar-refractivity contribution in [1.82, 2.24) is 0 Å². The van der Waals surface area contributed by atoms with Crippen LogP contribution in [0.25, 0.3) is 0 Å². The van der Waals surface area contributed by atoms with Crippen LogP contribution < -0.4 is 0 Å². The van der Waals surface area contributed by atoms with Gasteiger partial charge in [0, 0.05) is 19.3 Å². The normalized spacial score (nSPS) is 11.9. The number of ether oxygens (including phenoxy) is 3. The van der Waals surface area contributed by atoms with E-state index in [0.29, 0.717) is 19.3 Å². The molecule has 6 nitrogen and oxygen atoms in total. The summed E-state index contributed by atoms with van der Waals surface area (Å²) in [5.41, 5.74) is 0. The van der Waals surface area contributed by atoms with E-state index in [4.69, 9.17) is 14.2 Å². The summed E-state index contributed by atoms with van der Waals surface area (Å²) in [4.78, 5) is 37.7. The van der Waals surface area contributed by atoms with Crippen LogP contribution in [0.5, 0.6) is 0 Å². The molecule has 0 aliphatic carbocycles. The summed E-state index contributed by atoms with van der Waals surface area (Å²) < 4.78 is 16.7. The van der Waals surface area contributed by atoms with Crippen LogP contribution in [0.15, 0.2) is 0 Å². The van der Waals surface area contributed by atoms with Gasteiger partial charge in [-0.25, -0.2) is 0 Å². The molecule has 0 saturated carbocycles. The minimum absolute atomic E-state index is 0.0642. The lowest BCUT2D eigenvalue weighted by molar-refractivity contribution is -0.167. The Labute approximate surface area is 329 Å². The molecule has 53 heavy (non-hydrogen) atoms. The summed E-state index contributed by atoms with van der Waals surface area (Å²) in [6.07, 6.45) is 40.9. The average molecular weight is 751 g/mol. The summed E-state index contributed by atoms with van der Waals surface area (Å²) >= 11 is 0. The van der Waals surface area contributed by atoms with Crippen molar-refractivity contribution < 1.29 is 28.6 Å². The highest BCUT2D eigenvalue weighted by molar-refractivity contribution is 5.71. The molecular weight excluding hydrogens is 661 g/mol. The number of hydrogen-bond acceptors (Lipinski definition) is 6. The molecule has 1 atom stereocenters. The van der Waals surface area contributed by atoms with E-state index in [1.165, 1.54) is 154 Å². The molecule has 0 heterocycles. The Balaban J connectivity index is 4.30. The standard InChI is InChI=1S/C47H90O6/c1-5-7-9-11-13-15-17-18-19-20-21-23-27-32-36-40-47(50)53-44(41-51-45(48)38-34-30-26-22-16-14-12-10-8-6-2)42-52-46(49)39-35-31-28-24-25-29-33-37-43(3)4/h43-44H,5-42H2,1-4H3/t44-/m1/s1. The van der Waals surface area contributed by atoms with E-state index in [1.807, 2.05) is 0 Å². The zero-order valence-electron chi connectivity index (χ0n) is 36.0. The highest BCUT2D eigenvalue weighted by atomic mass is 16.6. The van der Waals surface area contributed by atoms with Gasteiger partial charge < -0.3 is 14.2 Å². The fourth-order valence-corrected chi connectivity index (χ4v) is 6.98. The van der Waals surface area contributed by atoms with Gasteiger partial charge >= 0.3 is 17.9 Å². The molecule has 0 N–H and O–H groups in total. The van der Waals surface area contributed by atoms with Crippen LogP contribution in [0.2, 0.25) is 0 Å². The highest BCUT2D eigenvalue weighted by Crippen LogP contribution is 2.16. The van der Waals surface area contributed by atoms with E-state index in [9.17, 15) is 14.4 Å². The number of carbonyl (C=O) groups excluding carboxylic acids is 3. The smallest absolute Gasteiger partial charge is 0.306 e. The highest BCUT2D eigenvalue weighted by Gasteiger charge is 2.19. The lowest BCUT2D eigenvalue weighted by Gasteiger charge is -2.18. The Bertz CT molecular complexity index is 796. The van der Waals surface area contributed by atoms with Crippen molar-refractivity contribution in [2.24, 2.45) is 5.92 Å². The van der Waals surface area contributed by atoms with Gasteiger partial charge in [-0.15, -0.1) is 0 Å². The number of esters is 3. The van der Waals surface area contributed by atoms with Gasteiger partial charge in [-0.2, -0.15) is 0 Å². The van der Waals surface area contributed by atoms with Crippen LogP contribution >= 0.6 is 0 Å². The van der Waals surface area contributed by atoms with E-state index in [-0.39, 0.29) is 31.1 Å². The molecule has 0 aromatic rings. The van der Waals surface area contributed by atoms with Gasteiger partial charge in [0.1, 0.15) is 13.2 Å². The van der Waals surface area contributed by atoms with Crippen LogP contribution in [-0.2, 0) is 28.6 Å². The Morgan fingerprint density at radius 3 is 0.925 bits per heavy atom. The van der Waals surface area contributed by atoms with Crippen LogP contribution in [-0.4, -0.2) is 37.2 Å². The van der Waals surface area contributed by atoms with Gasteiger partial charge in [0.25, 0.3) is 0 Å². The summed E-state index contributed by atoms with van der Waals surface area (Å²) in [6, 6.07) is 0. The topological polar surface area (TPSA) is 78.9 Å². The molecule has 0 aliphatic rings. The number of hydrogen-bond donors (Lipinski definition) is 0. The Kier molecular flexibility index (Phi) is 40.3. The number of unbranched alkanes of at least 4 members (excludes halogenated alkanes) is 29. The lowest BCUT2D eigenvalue weighted by atomic mass is 10.0. The molecule has 0 saturated heterocycles. The largest absolute Gasteiger partial charge is 0.462 e. The van der Waals surface area contributed by atoms with E-state index in [1.54, 1.807) is 0 Å². The molecule has 0 fully saturated rings. The van der Waals surface area contributed by atoms with Gasteiger partial charge in [-0.3, -0.25) is 14.4 Å². The summed E-state index contributed by atoms with van der Waals surface area (Å²) in [7, 11) is 0. The molecule has 0 aromatic heterocycles. The Morgan fingerprint density at radius 1 is 0.358 bits per heavy atom. The van der Waals surface area contributed by atoms with Gasteiger partial charge in [-0.1, -0.05) is 220 Å². The van der Waals surface area contributed by atoms with Crippen LogP contribution in [0, 0.1) is 5.92 Å². The van der Waals surface area contributed by atoms with Gasteiger partial charge in [0.2, 0.25) is 0 Å². The predicted molar refractivity (Wildman–Crippen MR) is 224 cm³/mol. The Morgan fingerprint density at radius 2 is 0.623 bits per heavy atom. The molecule has 0 radical (unpaired) electrons. The second-order valence-electron chi connectivity index (χ2n) is 16.5. The van der Waals surface area contributed by atoms with Crippen molar-refractivity contribution in [2.45, 2.75) is 265 Å². The van der Waals surface area contributed by atoms with E-state index in [2.05, 4.69) is 27.7 Å². The lowest BCUT2D eigenvalue weighted by Crippen LogP contribution is -2.30. The zero-order chi connectivity index (χ0) is 38.9. The fourth-order valence-electron chi connectivity index (χ4n) is 6.98. The van der Waals surface area contributed by atoms with E-state index in [0.717, 1.165) is 63.7 Å². The second kappa shape index (κ2) is 41.6. The van der Waals surface area contributed by atoms with Gasteiger partial charge in [0.05, 0.1) is 0 Å². The monoisotopic (exact) mass is 751 g/mol. The molecular formula is C47H90O6. The fraction of sp³-hybridized carbons (Fsp3) is 0.936. The van der Waals surface area contributed by atoms with Crippen molar-refractivity contribution in [3.63, 3.8) is 0 Å². The molecule has 0 bridgehead atoms. The van der Waals surface area contributed by atoms with Gasteiger partial charge in [0.15, 0.2) is 6.10 Å². The van der Waals surface area contributed by atoms with Crippen LogP contribution in [0.3, 0.4) is 0 Å². The summed E-state index contributed by atoms with van der Waals surface area (Å²) in [5.74, 6) is -0.0742. The van der Waals surface area contributed by atoms with E-state index < -0.39 is 6.10 Å². The third-order valence-electron chi connectivity index (χ3n) is 10.5. The van der Waals surface area contributed by atoms with E-state index >= 15 is 0 Å². The minimum Gasteiger partial charge on any atom is -0.462 e. The molecule has 0 aromatic carbocycles. The van der Waals surface area contributed by atoms with Crippen molar-refractivity contribution in [3.05, 3.63) is 0 Å². The Hall–Kier alpha value is -1.59. The molecule has 314 valence electrons. The first kappa shape index (κ1) is 51.4. The van der Waals surface area contributed by atoms with Crippen molar-refractivity contribution >= 4 is 17.9 Å². The predicted octanol–water partition coefficient (Wildman–Crippen LogP) is 14.7. The molecule has 0 aliphatic heterocycles. The third kappa shape index (κ3) is 41.4. The molecule has 6 heteroatoms. The minimum atomic E-state index is -0.759. The maximum absolute atomic E-state index is 12.7. The van der Waals surface area contributed by atoms with Crippen LogP contribution in [0.1, 0.15) is 259 Å². The van der Waals surface area contributed by atoms with Crippen molar-refractivity contribution in [3.8, 4) is 0 Å². The molecule has 0 spiro atoms. The zero-order valence-corrected chi connectivity index (χ0v) is 36.0. The van der Waals surface area contributed by atoms with Crippen LogP contribution in [0.4, 0.5) is 0 Å². The van der Waals surface area contributed by atoms with Crippen molar-refractivity contribution in [2.75, 3.05) is 13.2 Å². The number of rotatable bonds is 42. The number of carbonyl (C=O) groups is 3. The SMILES string of the molecule is CCCCCCCCCCCCCCCCCC(=O)O[C@H](COC(=O)CCCCCCCCCCCC)COC(=O)CCCCCCCCCC(C)C. The first-order valence-corrected chi connectivity index (χ1v) is 23.4. The maximum atomic E-state index is 12.7.